The van der Waals surface area contributed by atoms with Crippen LogP contribution in [0.25, 0.3) is 0 Å². The summed E-state index contributed by atoms with van der Waals surface area (Å²) < 4.78 is 26.5. The van der Waals surface area contributed by atoms with Crippen molar-refractivity contribution in [2.75, 3.05) is 20.1 Å². The summed E-state index contributed by atoms with van der Waals surface area (Å²) in [6, 6.07) is 3.15. The number of nitrogens with two attached hydrogens (primary N) is 1. The van der Waals surface area contributed by atoms with Crippen LogP contribution in [-0.2, 0) is 21.2 Å². The lowest BCUT2D eigenvalue weighted by molar-refractivity contribution is -0.128. The SMILES string of the molecule is CC(CN)N(C)S(=O)(=O)c1ccc(CCNC(=O)C(C)(C)C)s1.Cl. The maximum Gasteiger partial charge on any atom is 0.252 e. The molecule has 0 saturated carbocycles. The third-order valence-corrected chi connectivity index (χ3v) is 7.15. The molecule has 1 aromatic heterocycles. The molecule has 0 aliphatic rings. The van der Waals surface area contributed by atoms with Crippen molar-refractivity contribution in [2.24, 2.45) is 11.1 Å². The number of thiophene rings is 1. The largest absolute Gasteiger partial charge is 0.355 e. The average Bonchev–Trinajstić information content (AvgIpc) is 2.94. The van der Waals surface area contributed by atoms with Gasteiger partial charge in [-0.1, -0.05) is 20.8 Å². The van der Waals surface area contributed by atoms with E-state index in [-0.39, 0.29) is 30.9 Å². The van der Waals surface area contributed by atoms with E-state index < -0.39 is 15.4 Å². The Hall–Kier alpha value is -0.670. The van der Waals surface area contributed by atoms with Gasteiger partial charge in [-0.05, 0) is 25.5 Å². The molecule has 1 amide bonds. The molecule has 0 saturated heterocycles. The number of likely N-dealkylation sites (N-methyl/N-ethyl adjacent to an activating group) is 1. The van der Waals surface area contributed by atoms with Crippen LogP contribution in [0.1, 0.15) is 32.6 Å². The van der Waals surface area contributed by atoms with E-state index in [1.165, 1.54) is 22.7 Å². The minimum atomic E-state index is -3.51. The first-order valence-electron chi connectivity index (χ1n) is 7.55. The van der Waals surface area contributed by atoms with Crippen molar-refractivity contribution in [3.05, 3.63) is 17.0 Å². The second-order valence-corrected chi connectivity index (χ2v) is 9.98. The highest BCUT2D eigenvalue weighted by molar-refractivity contribution is 7.91. The molecule has 1 atom stereocenters. The lowest BCUT2D eigenvalue weighted by atomic mass is 9.96. The van der Waals surface area contributed by atoms with Gasteiger partial charge in [0.2, 0.25) is 5.91 Å². The Morgan fingerprint density at radius 2 is 1.96 bits per heavy atom. The lowest BCUT2D eigenvalue weighted by Crippen LogP contribution is -2.39. The van der Waals surface area contributed by atoms with Crippen LogP contribution >= 0.6 is 23.7 Å². The molecule has 140 valence electrons. The summed E-state index contributed by atoms with van der Waals surface area (Å²) in [4.78, 5) is 12.7. The van der Waals surface area contributed by atoms with Crippen molar-refractivity contribution < 1.29 is 13.2 Å². The Balaban J connectivity index is 0.00000529. The monoisotopic (exact) mass is 397 g/mol. The summed E-state index contributed by atoms with van der Waals surface area (Å²) in [6.45, 7) is 8.10. The topological polar surface area (TPSA) is 92.5 Å². The summed E-state index contributed by atoms with van der Waals surface area (Å²) >= 11 is 1.23. The van der Waals surface area contributed by atoms with Gasteiger partial charge in [0.15, 0.2) is 0 Å². The standard InChI is InChI=1S/C15H27N3O3S2.ClH/c1-11(10-16)18(5)23(20,21)13-7-6-12(22-13)8-9-17-14(19)15(2,3)4;/h6-7,11H,8-10,16H2,1-5H3,(H,17,19);1H. The number of hydrogen-bond donors (Lipinski definition) is 2. The van der Waals surface area contributed by atoms with Gasteiger partial charge in [-0.15, -0.1) is 23.7 Å². The number of carbonyl (C=O) groups is 1. The Bertz CT molecular complexity index is 639. The summed E-state index contributed by atoms with van der Waals surface area (Å²) in [5, 5.41) is 2.86. The number of sulfonamides is 1. The Morgan fingerprint density at radius 1 is 1.38 bits per heavy atom. The number of rotatable bonds is 7. The van der Waals surface area contributed by atoms with Crippen LogP contribution in [0.3, 0.4) is 0 Å². The van der Waals surface area contributed by atoms with E-state index in [0.29, 0.717) is 17.2 Å². The summed E-state index contributed by atoms with van der Waals surface area (Å²) in [7, 11) is -1.97. The summed E-state index contributed by atoms with van der Waals surface area (Å²) in [5.74, 6) is -0.0154. The van der Waals surface area contributed by atoms with Crippen molar-refractivity contribution in [3.63, 3.8) is 0 Å². The number of nitrogens with one attached hydrogen (secondary N) is 1. The lowest BCUT2D eigenvalue weighted by Gasteiger charge is -2.22. The zero-order chi connectivity index (χ0) is 17.8. The van der Waals surface area contributed by atoms with Gasteiger partial charge in [0.25, 0.3) is 10.0 Å². The first-order chi connectivity index (χ1) is 10.5. The second-order valence-electron chi connectivity index (χ2n) is 6.58. The van der Waals surface area contributed by atoms with E-state index in [2.05, 4.69) is 5.32 Å². The van der Waals surface area contributed by atoms with E-state index in [9.17, 15) is 13.2 Å². The Morgan fingerprint density at radius 3 is 2.46 bits per heavy atom. The highest BCUT2D eigenvalue weighted by Crippen LogP contribution is 2.25. The molecule has 6 nitrogen and oxygen atoms in total. The van der Waals surface area contributed by atoms with E-state index in [1.54, 1.807) is 19.1 Å². The fourth-order valence-corrected chi connectivity index (χ4v) is 4.64. The van der Waals surface area contributed by atoms with Crippen LogP contribution in [0.15, 0.2) is 16.3 Å². The second kappa shape index (κ2) is 9.15. The molecule has 9 heteroatoms. The molecule has 0 radical (unpaired) electrons. The minimum Gasteiger partial charge on any atom is -0.355 e. The zero-order valence-electron chi connectivity index (χ0n) is 14.8. The third-order valence-electron chi connectivity index (χ3n) is 3.57. The van der Waals surface area contributed by atoms with E-state index in [0.717, 1.165) is 4.88 Å². The van der Waals surface area contributed by atoms with Crippen molar-refractivity contribution in [1.82, 2.24) is 9.62 Å². The highest BCUT2D eigenvalue weighted by Gasteiger charge is 2.26. The molecular weight excluding hydrogens is 370 g/mol. The van der Waals surface area contributed by atoms with Crippen LogP contribution in [0.5, 0.6) is 0 Å². The number of halogens is 1. The van der Waals surface area contributed by atoms with Gasteiger partial charge in [-0.25, -0.2) is 8.42 Å². The smallest absolute Gasteiger partial charge is 0.252 e. The van der Waals surface area contributed by atoms with Crippen LogP contribution in [0.2, 0.25) is 0 Å². The van der Waals surface area contributed by atoms with Crippen molar-refractivity contribution in [3.8, 4) is 0 Å². The van der Waals surface area contributed by atoms with Gasteiger partial charge in [0, 0.05) is 36.5 Å². The van der Waals surface area contributed by atoms with E-state index in [1.807, 2.05) is 20.8 Å². The molecule has 0 fully saturated rings. The fraction of sp³-hybridized carbons (Fsp3) is 0.667. The molecule has 1 aromatic rings. The molecule has 0 bridgehead atoms. The molecule has 0 aromatic carbocycles. The normalized spacial score (nSPS) is 13.5. The zero-order valence-corrected chi connectivity index (χ0v) is 17.3. The predicted octanol–water partition coefficient (Wildman–Crippen LogP) is 1.84. The molecule has 24 heavy (non-hydrogen) atoms. The number of carbonyl (C=O) groups excluding carboxylic acids is 1. The first kappa shape index (κ1) is 23.3. The van der Waals surface area contributed by atoms with Gasteiger partial charge < -0.3 is 11.1 Å². The molecule has 0 aliphatic heterocycles. The molecular formula is C15H28ClN3O3S2. The van der Waals surface area contributed by atoms with E-state index >= 15 is 0 Å². The first-order valence-corrected chi connectivity index (χ1v) is 9.81. The van der Waals surface area contributed by atoms with Gasteiger partial charge in [-0.2, -0.15) is 4.31 Å². The molecule has 1 heterocycles. The maximum atomic E-state index is 12.5. The number of nitrogens with zero attached hydrogens (tertiary/aromatic N) is 1. The van der Waals surface area contributed by atoms with Crippen LogP contribution in [0, 0.1) is 5.41 Å². The molecule has 1 rings (SSSR count). The van der Waals surface area contributed by atoms with Crippen LogP contribution in [0.4, 0.5) is 0 Å². The van der Waals surface area contributed by atoms with Crippen LogP contribution in [-0.4, -0.2) is 44.8 Å². The Kier molecular flexibility index (Phi) is 8.89. The van der Waals surface area contributed by atoms with Gasteiger partial charge >= 0.3 is 0 Å². The molecule has 3 N–H and O–H groups in total. The average molecular weight is 398 g/mol. The third kappa shape index (κ3) is 6.00. The van der Waals surface area contributed by atoms with Gasteiger partial charge in [0.05, 0.1) is 0 Å². The fourth-order valence-electron chi connectivity index (χ4n) is 1.72. The van der Waals surface area contributed by atoms with Gasteiger partial charge in [-0.3, -0.25) is 4.79 Å². The number of hydrogen-bond acceptors (Lipinski definition) is 5. The minimum absolute atomic E-state index is 0. The summed E-state index contributed by atoms with van der Waals surface area (Å²) in [6.07, 6.45) is 0.609. The Labute approximate surface area is 155 Å². The number of amides is 1. The molecule has 0 spiro atoms. The predicted molar refractivity (Wildman–Crippen MR) is 101 cm³/mol. The quantitative estimate of drug-likeness (QED) is 0.734. The van der Waals surface area contributed by atoms with Crippen molar-refractivity contribution in [1.29, 1.82) is 0 Å². The maximum absolute atomic E-state index is 12.5. The molecule has 0 aliphatic carbocycles. The molecule has 1 unspecified atom stereocenters. The highest BCUT2D eigenvalue weighted by atomic mass is 35.5. The van der Waals surface area contributed by atoms with Crippen molar-refractivity contribution >= 4 is 39.7 Å². The summed E-state index contributed by atoms with van der Waals surface area (Å²) in [5.41, 5.74) is 5.11. The van der Waals surface area contributed by atoms with Crippen molar-refractivity contribution in [2.45, 2.75) is 44.4 Å². The van der Waals surface area contributed by atoms with Crippen LogP contribution < -0.4 is 11.1 Å². The van der Waals surface area contributed by atoms with E-state index in [4.69, 9.17) is 5.73 Å². The van der Waals surface area contributed by atoms with Gasteiger partial charge in [0.1, 0.15) is 4.21 Å².